The highest BCUT2D eigenvalue weighted by Crippen LogP contribution is 2.33. The molecule has 0 saturated heterocycles. The molecule has 206 valence electrons. The zero-order valence-corrected chi connectivity index (χ0v) is 22.2. The van der Waals surface area contributed by atoms with Gasteiger partial charge in [0, 0.05) is 6.20 Å². The highest BCUT2D eigenvalue weighted by atomic mass is 32.2. The summed E-state index contributed by atoms with van der Waals surface area (Å²) in [6, 6.07) is 9.28. The van der Waals surface area contributed by atoms with E-state index in [9.17, 15) is 22.9 Å². The van der Waals surface area contributed by atoms with E-state index < -0.39 is 45.5 Å². The molecule has 0 bridgehead atoms. The molecule has 40 heavy (non-hydrogen) atoms. The van der Waals surface area contributed by atoms with Crippen molar-refractivity contribution in [2.24, 2.45) is 0 Å². The third kappa shape index (κ3) is 5.45. The van der Waals surface area contributed by atoms with Gasteiger partial charge in [0.1, 0.15) is 23.4 Å². The lowest BCUT2D eigenvalue weighted by Gasteiger charge is -2.26. The van der Waals surface area contributed by atoms with Crippen LogP contribution in [0.15, 0.2) is 48.9 Å². The van der Waals surface area contributed by atoms with Gasteiger partial charge in [-0.3, -0.25) is 14.1 Å². The Kier molecular flexibility index (Phi) is 8.05. The quantitative estimate of drug-likeness (QED) is 0.306. The summed E-state index contributed by atoms with van der Waals surface area (Å²) < 4.78 is 62.6. The zero-order chi connectivity index (χ0) is 29.0. The number of hydrogen-bond donors (Lipinski definition) is 2. The molecule has 3 N–H and O–H groups in total. The van der Waals surface area contributed by atoms with Crippen molar-refractivity contribution in [2.75, 3.05) is 28.2 Å². The van der Waals surface area contributed by atoms with Gasteiger partial charge in [-0.05, 0) is 42.3 Å². The van der Waals surface area contributed by atoms with E-state index in [0.717, 1.165) is 22.8 Å². The number of nitrogen functional groups attached to an aromatic ring is 1. The molecule has 4 aromatic rings. The molecule has 0 atom stereocenters. The van der Waals surface area contributed by atoms with E-state index in [4.69, 9.17) is 10.5 Å². The highest BCUT2D eigenvalue weighted by molar-refractivity contribution is 7.92. The fourth-order valence-corrected chi connectivity index (χ4v) is 5.52. The predicted molar refractivity (Wildman–Crippen MR) is 144 cm³/mol. The predicted octanol–water partition coefficient (Wildman–Crippen LogP) is 3.76. The smallest absolute Gasteiger partial charge is 0.258 e. The second-order valence-corrected chi connectivity index (χ2v) is 10.5. The van der Waals surface area contributed by atoms with Crippen molar-refractivity contribution in [1.82, 2.24) is 15.0 Å². The van der Waals surface area contributed by atoms with Crippen LogP contribution in [0.4, 0.5) is 26.0 Å². The molecule has 14 heteroatoms. The molecule has 0 saturated carbocycles. The van der Waals surface area contributed by atoms with E-state index in [0.29, 0.717) is 0 Å². The van der Waals surface area contributed by atoms with Crippen LogP contribution in [0.2, 0.25) is 0 Å². The van der Waals surface area contributed by atoms with Crippen LogP contribution in [0.1, 0.15) is 34.8 Å². The van der Waals surface area contributed by atoms with Crippen LogP contribution in [0.5, 0.6) is 5.75 Å². The molecule has 0 radical (unpaired) electrons. The van der Waals surface area contributed by atoms with Gasteiger partial charge in [-0.2, -0.15) is 5.26 Å². The van der Waals surface area contributed by atoms with Gasteiger partial charge in [-0.25, -0.2) is 27.2 Å². The van der Waals surface area contributed by atoms with Crippen molar-refractivity contribution < 1.29 is 26.7 Å². The van der Waals surface area contributed by atoms with Crippen molar-refractivity contribution >= 4 is 44.2 Å². The van der Waals surface area contributed by atoms with E-state index in [1.807, 2.05) is 0 Å². The highest BCUT2D eigenvalue weighted by Gasteiger charge is 2.28. The first kappa shape index (κ1) is 28.1. The number of amides is 1. The van der Waals surface area contributed by atoms with Crippen LogP contribution < -0.4 is 20.1 Å². The van der Waals surface area contributed by atoms with Crippen LogP contribution in [0.3, 0.4) is 0 Å². The number of pyridine rings is 1. The number of methoxy groups -OCH3 is 1. The summed E-state index contributed by atoms with van der Waals surface area (Å²) in [6.07, 6.45) is 2.65. The molecule has 11 nitrogen and oxygen atoms in total. The Balaban J connectivity index is 1.80. The molecule has 0 unspecified atom stereocenters. The molecule has 1 amide bonds. The first-order chi connectivity index (χ1) is 19.1. The Morgan fingerprint density at radius 1 is 1.15 bits per heavy atom. The number of nitrogens with zero attached hydrogens (tertiary/aromatic N) is 5. The fraction of sp³-hybridized carbons (Fsp3) is 0.192. The number of benzene rings is 2. The lowest BCUT2D eigenvalue weighted by molar-refractivity contribution is 0.102. The summed E-state index contributed by atoms with van der Waals surface area (Å²) in [5.74, 6) is -3.10. The van der Waals surface area contributed by atoms with Gasteiger partial charge >= 0.3 is 0 Å². The second kappa shape index (κ2) is 11.5. The number of rotatable bonds is 9. The number of nitriles is 1. The van der Waals surface area contributed by atoms with Crippen molar-refractivity contribution in [1.29, 1.82) is 5.26 Å². The fourth-order valence-electron chi connectivity index (χ4n) is 3.99. The van der Waals surface area contributed by atoms with Crippen LogP contribution in [0, 0.1) is 23.0 Å². The minimum atomic E-state index is -4.12. The Bertz CT molecular complexity index is 1760. The number of anilines is 3. The summed E-state index contributed by atoms with van der Waals surface area (Å²) in [6.45, 7) is 1.21. The standard InChI is InChI=1S/C26H23F2N7O4S/c1-3-10-40(37,38)35(13-15-4-7-20(39-2)18(27)11-15)19-6-5-16(12-29)22(21(19)28)34-26(36)17-8-9-31-24-23(17)32-14-33-25(24)30/h4-9,11,14H,3,10,13H2,1-2H3,(H,34,36)(H2,30,32,33). The van der Waals surface area contributed by atoms with Crippen molar-refractivity contribution in [2.45, 2.75) is 19.9 Å². The van der Waals surface area contributed by atoms with Crippen LogP contribution in [-0.2, 0) is 16.6 Å². The molecule has 0 aliphatic rings. The molecule has 4 rings (SSSR count). The van der Waals surface area contributed by atoms with E-state index in [2.05, 4.69) is 20.3 Å². The number of halogens is 2. The Labute approximate surface area is 228 Å². The third-order valence-corrected chi connectivity index (χ3v) is 7.81. The normalized spacial score (nSPS) is 11.2. The van der Waals surface area contributed by atoms with Crippen molar-refractivity contribution in [3.05, 3.63) is 77.2 Å². The number of sulfonamides is 1. The maximum Gasteiger partial charge on any atom is 0.258 e. The molecule has 0 aliphatic heterocycles. The number of nitrogens with one attached hydrogen (secondary N) is 1. The number of ether oxygens (including phenoxy) is 1. The van der Waals surface area contributed by atoms with Gasteiger partial charge in [0.15, 0.2) is 23.2 Å². The van der Waals surface area contributed by atoms with E-state index in [1.54, 1.807) is 13.0 Å². The summed E-state index contributed by atoms with van der Waals surface area (Å²) >= 11 is 0. The topological polar surface area (TPSA) is 164 Å². The number of carbonyl (C=O) groups excluding carboxylic acids is 1. The molecule has 2 heterocycles. The zero-order valence-electron chi connectivity index (χ0n) is 21.4. The van der Waals surface area contributed by atoms with Gasteiger partial charge in [0.25, 0.3) is 5.91 Å². The number of nitrogens with two attached hydrogens (primary N) is 1. The molecule has 0 fully saturated rings. The summed E-state index contributed by atoms with van der Waals surface area (Å²) in [4.78, 5) is 25.1. The van der Waals surface area contributed by atoms with Crippen molar-refractivity contribution in [3.8, 4) is 11.8 Å². The van der Waals surface area contributed by atoms with Gasteiger partial charge in [0.2, 0.25) is 10.0 Å². The monoisotopic (exact) mass is 567 g/mol. The summed E-state index contributed by atoms with van der Waals surface area (Å²) in [5.41, 5.74) is 4.99. The number of carbonyl (C=O) groups is 1. The Morgan fingerprint density at radius 3 is 2.60 bits per heavy atom. The third-order valence-electron chi connectivity index (χ3n) is 5.88. The second-order valence-electron chi connectivity index (χ2n) is 8.49. The number of aromatic nitrogens is 3. The Morgan fingerprint density at radius 2 is 1.93 bits per heavy atom. The average Bonchev–Trinajstić information content (AvgIpc) is 2.93. The van der Waals surface area contributed by atoms with Gasteiger partial charge in [-0.1, -0.05) is 13.0 Å². The van der Waals surface area contributed by atoms with Gasteiger partial charge in [-0.15, -0.1) is 0 Å². The van der Waals surface area contributed by atoms with E-state index in [1.165, 1.54) is 37.6 Å². The molecule has 0 spiro atoms. The van der Waals surface area contributed by atoms with Gasteiger partial charge < -0.3 is 15.8 Å². The summed E-state index contributed by atoms with van der Waals surface area (Å²) in [5, 5.41) is 12.0. The molecular weight excluding hydrogens is 544 g/mol. The molecular formula is C26H23F2N7O4S. The first-order valence-corrected chi connectivity index (χ1v) is 13.4. The molecule has 2 aromatic carbocycles. The van der Waals surface area contributed by atoms with Crippen LogP contribution in [-0.4, -0.2) is 42.1 Å². The lowest BCUT2D eigenvalue weighted by Crippen LogP contribution is -2.33. The maximum absolute atomic E-state index is 16.1. The van der Waals surface area contributed by atoms with Crippen LogP contribution >= 0.6 is 0 Å². The average molecular weight is 568 g/mol. The maximum atomic E-state index is 16.1. The van der Waals surface area contributed by atoms with E-state index >= 15 is 4.39 Å². The van der Waals surface area contributed by atoms with Crippen molar-refractivity contribution in [3.63, 3.8) is 0 Å². The number of fused-ring (bicyclic) bond motifs is 1. The van der Waals surface area contributed by atoms with E-state index in [-0.39, 0.29) is 51.5 Å². The van der Waals surface area contributed by atoms with Crippen LogP contribution in [0.25, 0.3) is 11.0 Å². The van der Waals surface area contributed by atoms with Gasteiger partial charge in [0.05, 0.1) is 41.9 Å². The Hall–Kier alpha value is -4.90. The SMILES string of the molecule is CCCS(=O)(=O)N(Cc1ccc(OC)c(F)c1)c1ccc(C#N)c(NC(=O)c2ccnc3c(N)ncnc23)c1F. The lowest BCUT2D eigenvalue weighted by atomic mass is 10.1. The molecule has 2 aromatic heterocycles. The minimum Gasteiger partial charge on any atom is -0.494 e. The first-order valence-electron chi connectivity index (χ1n) is 11.8. The molecule has 0 aliphatic carbocycles. The number of hydrogen-bond acceptors (Lipinski definition) is 9. The summed E-state index contributed by atoms with van der Waals surface area (Å²) in [7, 11) is -2.83. The minimum absolute atomic E-state index is 0.0253. The largest absolute Gasteiger partial charge is 0.494 e.